The van der Waals surface area contributed by atoms with E-state index in [0.717, 1.165) is 0 Å². The maximum Gasteiger partial charge on any atom is 0.270 e. The van der Waals surface area contributed by atoms with Crippen molar-refractivity contribution in [3.63, 3.8) is 0 Å². The second kappa shape index (κ2) is 9.79. The van der Waals surface area contributed by atoms with Crippen LogP contribution in [0.4, 0.5) is 4.39 Å². The van der Waals surface area contributed by atoms with Crippen molar-refractivity contribution < 1.29 is 27.9 Å². The number of benzene rings is 1. The van der Waals surface area contributed by atoms with Crippen molar-refractivity contribution in [2.24, 2.45) is 0 Å². The van der Waals surface area contributed by atoms with Gasteiger partial charge in [-0.15, -0.1) is 0 Å². The van der Waals surface area contributed by atoms with Gasteiger partial charge in [-0.3, -0.25) is 4.79 Å². The molecule has 1 saturated heterocycles. The number of aryl methyl sites for hydroxylation is 1. The topological polar surface area (TPSA) is 121 Å². The van der Waals surface area contributed by atoms with E-state index in [-0.39, 0.29) is 29.9 Å². The molecular formula is C21H22FN5O5. The van der Waals surface area contributed by atoms with Crippen LogP contribution < -0.4 is 10.1 Å². The Morgan fingerprint density at radius 3 is 2.91 bits per heavy atom. The van der Waals surface area contributed by atoms with Crippen LogP contribution in [-0.4, -0.2) is 59.1 Å². The van der Waals surface area contributed by atoms with Crippen LogP contribution in [0.25, 0.3) is 11.5 Å². The zero-order valence-corrected chi connectivity index (χ0v) is 17.6. The largest absolute Gasteiger partial charge is 0.494 e. The second-order valence-corrected chi connectivity index (χ2v) is 7.12. The smallest absolute Gasteiger partial charge is 0.270 e. The first-order valence-corrected chi connectivity index (χ1v) is 10.0. The number of carbonyl (C=O) groups is 1. The predicted molar refractivity (Wildman–Crippen MR) is 108 cm³/mol. The molecule has 0 aliphatic carbocycles. The van der Waals surface area contributed by atoms with Crippen LogP contribution in [0, 0.1) is 12.7 Å². The fraction of sp³-hybridized carbons (Fsp3) is 0.381. The Morgan fingerprint density at radius 2 is 2.12 bits per heavy atom. The lowest BCUT2D eigenvalue weighted by Crippen LogP contribution is -2.30. The molecule has 0 saturated carbocycles. The van der Waals surface area contributed by atoms with E-state index in [0.29, 0.717) is 49.2 Å². The highest BCUT2D eigenvalue weighted by Gasteiger charge is 2.20. The van der Waals surface area contributed by atoms with E-state index in [4.69, 9.17) is 18.7 Å². The summed E-state index contributed by atoms with van der Waals surface area (Å²) in [6.07, 6.45) is 0.279. The van der Waals surface area contributed by atoms with Crippen molar-refractivity contribution in [3.8, 4) is 17.3 Å². The van der Waals surface area contributed by atoms with Crippen molar-refractivity contribution in [1.29, 1.82) is 0 Å². The number of halogens is 1. The van der Waals surface area contributed by atoms with E-state index in [1.807, 2.05) is 0 Å². The third kappa shape index (κ3) is 5.24. The number of methoxy groups -OCH3 is 1. The van der Waals surface area contributed by atoms with E-state index in [1.165, 1.54) is 25.3 Å². The molecule has 3 aromatic rings. The van der Waals surface area contributed by atoms with Crippen LogP contribution in [0.2, 0.25) is 0 Å². The standard InChI is InChI=1S/C21H22FN5O5/c1-12-24-16(20-26-19(32-27-20)8-14-11-30-5-6-31-14)9-17(25-12)21(28)23-10-13-3-4-15(22)18(7-13)29-2/h3-4,7,9,14H,5-6,8,10-11H2,1-2H3,(H,23,28)/t14-/m1/s1. The highest BCUT2D eigenvalue weighted by molar-refractivity contribution is 5.93. The Balaban J connectivity index is 1.44. The van der Waals surface area contributed by atoms with Gasteiger partial charge in [-0.1, -0.05) is 11.2 Å². The Bertz CT molecular complexity index is 1100. The molecule has 4 rings (SSSR count). The molecule has 11 heteroatoms. The molecule has 1 aliphatic heterocycles. The number of nitrogens with one attached hydrogen (secondary N) is 1. The van der Waals surface area contributed by atoms with E-state index in [9.17, 15) is 9.18 Å². The number of aromatic nitrogens is 4. The molecule has 1 amide bonds. The Morgan fingerprint density at radius 1 is 1.25 bits per heavy atom. The number of carbonyl (C=O) groups excluding carboxylic acids is 1. The molecule has 10 nitrogen and oxygen atoms in total. The van der Waals surface area contributed by atoms with Crippen LogP contribution in [0.3, 0.4) is 0 Å². The van der Waals surface area contributed by atoms with Crippen LogP contribution in [0.1, 0.15) is 27.8 Å². The molecule has 1 aromatic carbocycles. The zero-order chi connectivity index (χ0) is 22.5. The number of nitrogens with zero attached hydrogens (tertiary/aromatic N) is 4. The first-order valence-electron chi connectivity index (χ1n) is 10.0. The number of amides is 1. The van der Waals surface area contributed by atoms with Crippen LogP contribution in [0.15, 0.2) is 28.8 Å². The van der Waals surface area contributed by atoms with Crippen molar-refractivity contribution in [3.05, 3.63) is 53.1 Å². The van der Waals surface area contributed by atoms with Crippen molar-refractivity contribution in [2.75, 3.05) is 26.9 Å². The fourth-order valence-corrected chi connectivity index (χ4v) is 3.18. The summed E-state index contributed by atoms with van der Waals surface area (Å²) >= 11 is 0. The number of rotatable bonds is 7. The van der Waals surface area contributed by atoms with Gasteiger partial charge >= 0.3 is 0 Å². The summed E-state index contributed by atoms with van der Waals surface area (Å²) in [4.78, 5) is 25.5. The highest BCUT2D eigenvalue weighted by Crippen LogP contribution is 2.19. The maximum absolute atomic E-state index is 13.6. The van der Waals surface area contributed by atoms with Gasteiger partial charge in [-0.25, -0.2) is 14.4 Å². The van der Waals surface area contributed by atoms with Crippen molar-refractivity contribution in [2.45, 2.75) is 26.0 Å². The molecule has 1 atom stereocenters. The molecule has 1 N–H and O–H groups in total. The summed E-state index contributed by atoms with van der Waals surface area (Å²) in [5.74, 6) is 0.237. The Hall–Kier alpha value is -3.44. The molecule has 0 unspecified atom stereocenters. The molecule has 168 valence electrons. The molecule has 1 fully saturated rings. The van der Waals surface area contributed by atoms with Gasteiger partial charge in [0, 0.05) is 6.54 Å². The minimum atomic E-state index is -0.472. The molecule has 0 spiro atoms. The molecule has 0 bridgehead atoms. The van der Waals surface area contributed by atoms with E-state index >= 15 is 0 Å². The summed E-state index contributed by atoms with van der Waals surface area (Å²) in [5, 5.41) is 6.71. The normalized spacial score (nSPS) is 16.0. The lowest BCUT2D eigenvalue weighted by molar-refractivity contribution is -0.0893. The third-order valence-electron chi connectivity index (χ3n) is 4.72. The summed E-state index contributed by atoms with van der Waals surface area (Å²) in [5.41, 5.74) is 1.19. The van der Waals surface area contributed by atoms with Gasteiger partial charge in [0.1, 0.15) is 17.2 Å². The lowest BCUT2D eigenvalue weighted by atomic mass is 10.2. The summed E-state index contributed by atoms with van der Waals surface area (Å²) in [7, 11) is 1.38. The number of hydrogen-bond acceptors (Lipinski definition) is 9. The van der Waals surface area contributed by atoms with Gasteiger partial charge < -0.3 is 24.1 Å². The summed E-state index contributed by atoms with van der Waals surface area (Å²) in [6.45, 7) is 3.41. The van der Waals surface area contributed by atoms with Gasteiger partial charge in [0.05, 0.1) is 39.5 Å². The van der Waals surface area contributed by atoms with E-state index in [2.05, 4.69) is 25.4 Å². The van der Waals surface area contributed by atoms with Gasteiger partial charge in [0.15, 0.2) is 11.6 Å². The molecule has 3 heterocycles. The van der Waals surface area contributed by atoms with Gasteiger partial charge in [0.2, 0.25) is 11.7 Å². The number of hydrogen-bond donors (Lipinski definition) is 1. The van der Waals surface area contributed by atoms with E-state index in [1.54, 1.807) is 13.0 Å². The highest BCUT2D eigenvalue weighted by atomic mass is 19.1. The molecule has 2 aromatic heterocycles. The van der Waals surface area contributed by atoms with E-state index < -0.39 is 11.7 Å². The van der Waals surface area contributed by atoms with Crippen LogP contribution in [-0.2, 0) is 22.4 Å². The summed E-state index contributed by atoms with van der Waals surface area (Å²) < 4.78 is 34.8. The van der Waals surface area contributed by atoms with Crippen LogP contribution in [0.5, 0.6) is 5.75 Å². The molecule has 32 heavy (non-hydrogen) atoms. The van der Waals surface area contributed by atoms with Gasteiger partial charge in [-0.05, 0) is 30.7 Å². The molecule has 0 radical (unpaired) electrons. The molecule has 1 aliphatic rings. The van der Waals surface area contributed by atoms with Crippen LogP contribution >= 0.6 is 0 Å². The number of ether oxygens (including phenoxy) is 3. The van der Waals surface area contributed by atoms with Gasteiger partial charge in [-0.2, -0.15) is 4.98 Å². The quantitative estimate of drug-likeness (QED) is 0.583. The zero-order valence-electron chi connectivity index (χ0n) is 17.6. The minimum Gasteiger partial charge on any atom is -0.494 e. The first-order chi connectivity index (χ1) is 15.5. The second-order valence-electron chi connectivity index (χ2n) is 7.12. The average Bonchev–Trinajstić information content (AvgIpc) is 3.27. The summed E-state index contributed by atoms with van der Waals surface area (Å²) in [6, 6.07) is 5.86. The monoisotopic (exact) mass is 443 g/mol. The van der Waals surface area contributed by atoms with Crippen molar-refractivity contribution in [1.82, 2.24) is 25.4 Å². The molecular weight excluding hydrogens is 421 g/mol. The first kappa shape index (κ1) is 21.8. The minimum absolute atomic E-state index is 0.106. The Kier molecular flexibility index (Phi) is 6.66. The van der Waals surface area contributed by atoms with Gasteiger partial charge in [0.25, 0.3) is 5.91 Å². The maximum atomic E-state index is 13.6. The van der Waals surface area contributed by atoms with Crippen molar-refractivity contribution >= 4 is 5.91 Å². The lowest BCUT2D eigenvalue weighted by Gasteiger charge is -2.21. The Labute approximate surface area is 183 Å². The third-order valence-corrected chi connectivity index (χ3v) is 4.72. The predicted octanol–water partition coefficient (Wildman–Crippen LogP) is 1.87. The SMILES string of the molecule is COc1cc(CNC(=O)c2cc(-c3noc(C[C@@H]4COCCO4)n3)nc(C)n2)ccc1F. The fourth-order valence-electron chi connectivity index (χ4n) is 3.18. The average molecular weight is 443 g/mol.